The topological polar surface area (TPSA) is 206 Å². The zero-order chi connectivity index (χ0) is 43.5. The third kappa shape index (κ3) is 14.2. The summed E-state index contributed by atoms with van der Waals surface area (Å²) in [5.41, 5.74) is -1.50. The molecular formula is C42H69NO15. The Labute approximate surface area is 343 Å². The molecule has 16 nitrogen and oxygen atoms in total. The molecule has 0 saturated carbocycles. The van der Waals surface area contributed by atoms with E-state index in [1.165, 1.54) is 20.1 Å². The van der Waals surface area contributed by atoms with Gasteiger partial charge in [0.1, 0.15) is 36.1 Å². The van der Waals surface area contributed by atoms with Crippen LogP contribution >= 0.6 is 0 Å². The molecule has 0 amide bonds. The first-order valence-electron chi connectivity index (χ1n) is 20.4. The Hall–Kier alpha value is -2.80. The van der Waals surface area contributed by atoms with Crippen molar-refractivity contribution < 1.29 is 72.4 Å². The molecule has 0 radical (unpaired) electrons. The summed E-state index contributed by atoms with van der Waals surface area (Å²) in [6.07, 6.45) is -3.98. The van der Waals surface area contributed by atoms with E-state index in [4.69, 9.17) is 37.9 Å². The molecule has 3 aliphatic heterocycles. The van der Waals surface area contributed by atoms with Gasteiger partial charge >= 0.3 is 17.9 Å². The highest BCUT2D eigenvalue weighted by Gasteiger charge is 2.53. The minimum Gasteiger partial charge on any atom is -0.462 e. The molecule has 3 N–H and O–H groups in total. The van der Waals surface area contributed by atoms with Gasteiger partial charge in [-0.25, -0.2) is 0 Å². The second-order valence-electron chi connectivity index (χ2n) is 16.9. The number of aliphatic hydroxyl groups excluding tert-OH is 2. The number of rotatable bonds is 12. The van der Waals surface area contributed by atoms with Gasteiger partial charge in [0.15, 0.2) is 24.5 Å². The maximum atomic E-state index is 13.3. The number of cyclic esters (lactones) is 1. The monoisotopic (exact) mass is 827 g/mol. The number of carbonyl (C=O) groups excluding carboxylic acids is 4. The summed E-state index contributed by atoms with van der Waals surface area (Å²) < 4.78 is 48.6. The summed E-state index contributed by atoms with van der Waals surface area (Å²) in [5.74, 6) is -3.06. The Morgan fingerprint density at radius 1 is 1.00 bits per heavy atom. The van der Waals surface area contributed by atoms with Gasteiger partial charge in [-0.3, -0.25) is 19.2 Å². The van der Waals surface area contributed by atoms with Gasteiger partial charge in [-0.1, -0.05) is 39.0 Å². The summed E-state index contributed by atoms with van der Waals surface area (Å²) in [7, 11) is 4.87. The Bertz CT molecular complexity index is 1400. The largest absolute Gasteiger partial charge is 0.462 e. The molecule has 0 unspecified atom stereocenters. The third-order valence-corrected chi connectivity index (χ3v) is 10.9. The molecule has 0 aromatic carbocycles. The number of hydrogen-bond donors (Lipinski definition) is 3. The molecule has 3 heterocycles. The van der Waals surface area contributed by atoms with Crippen LogP contribution in [0.4, 0.5) is 0 Å². The molecule has 0 aromatic heterocycles. The van der Waals surface area contributed by atoms with E-state index in [9.17, 15) is 34.5 Å². The Balaban J connectivity index is 1.98. The van der Waals surface area contributed by atoms with Crippen molar-refractivity contribution in [3.05, 3.63) is 24.3 Å². The highest BCUT2D eigenvalue weighted by molar-refractivity contribution is 5.91. The summed E-state index contributed by atoms with van der Waals surface area (Å²) in [6, 6.07) is -0.776. The predicted molar refractivity (Wildman–Crippen MR) is 210 cm³/mol. The first kappa shape index (κ1) is 49.6. The second-order valence-corrected chi connectivity index (χ2v) is 16.9. The average Bonchev–Trinajstić information content (AvgIpc) is 3.09. The van der Waals surface area contributed by atoms with Gasteiger partial charge in [-0.2, -0.15) is 0 Å². The normalized spacial score (nSPS) is 38.4. The van der Waals surface area contributed by atoms with Crippen LogP contribution in [-0.2, 0) is 57.1 Å². The van der Waals surface area contributed by atoms with Gasteiger partial charge in [0.2, 0.25) is 0 Å². The summed E-state index contributed by atoms with van der Waals surface area (Å²) >= 11 is 0. The molecule has 2 fully saturated rings. The van der Waals surface area contributed by atoms with Crippen molar-refractivity contribution in [1.29, 1.82) is 0 Å². The van der Waals surface area contributed by atoms with Crippen molar-refractivity contribution in [3.63, 3.8) is 0 Å². The molecule has 0 spiro atoms. The lowest BCUT2D eigenvalue weighted by atomic mass is 9.82. The Kier molecular flexibility index (Phi) is 19.4. The third-order valence-electron chi connectivity index (χ3n) is 10.9. The number of aliphatic hydroxyl groups is 3. The van der Waals surface area contributed by atoms with Gasteiger partial charge in [0, 0.05) is 45.8 Å². The molecule has 3 aliphatic rings. The van der Waals surface area contributed by atoms with Crippen LogP contribution in [0, 0.1) is 17.8 Å². The van der Waals surface area contributed by atoms with Crippen molar-refractivity contribution in [3.8, 4) is 0 Å². The van der Waals surface area contributed by atoms with Crippen molar-refractivity contribution in [2.45, 2.75) is 173 Å². The van der Waals surface area contributed by atoms with Crippen LogP contribution in [0.5, 0.6) is 0 Å². The van der Waals surface area contributed by atoms with E-state index in [1.807, 2.05) is 13.8 Å². The number of methoxy groups -OCH3 is 1. The van der Waals surface area contributed by atoms with Crippen molar-refractivity contribution in [1.82, 2.24) is 4.90 Å². The Morgan fingerprint density at radius 3 is 2.28 bits per heavy atom. The fraction of sp³-hybridized carbons (Fsp3) is 0.810. The van der Waals surface area contributed by atoms with E-state index in [0.29, 0.717) is 6.42 Å². The van der Waals surface area contributed by atoms with Gasteiger partial charge < -0.3 is 58.1 Å². The number of hydrogen-bond acceptors (Lipinski definition) is 16. The lowest BCUT2D eigenvalue weighted by molar-refractivity contribution is -0.344. The number of allylic oxidation sites excluding steroid dienone is 3. The standard InChI is InChI=1S/C42H69NO15/c1-23(2)19-32(47)56-40-27(6)53-34(22-42(40,8)50)57-37-26(5)54-41(36(49)35(37)43(9)10)58-38-29(17-18-44)20-24(3)30(46)16-14-12-13-15-25(4)52-33(48)21-31(39(38)51-11)55-28(7)45/h12-14,16,23-27,29,31,34-41,44,49-50H,15,17-22H2,1-11H3/t24-,25-,26-,27+,29+,31-,34+,35-,36-,37-,38-,39+,40+,41+,42-/m1/s1. The maximum Gasteiger partial charge on any atom is 0.309 e. The SMILES string of the molecule is CO[C@@H]1[C@H](O[C@@H]2O[C@H](C)[C@@H](O[C@H]3C[C@@](C)(O)[C@@H](OC(=O)CC(C)C)[C@H](C)O3)[C@H](N(C)C)[C@H]2O)[C@@H](CCO)C[C@@H](C)C(=O)C=CC=CC[C@@H](C)OC(=O)C[C@H]1OC(C)=O. The van der Waals surface area contributed by atoms with Crippen LogP contribution in [0.15, 0.2) is 24.3 Å². The van der Waals surface area contributed by atoms with E-state index in [1.54, 1.807) is 71.8 Å². The predicted octanol–water partition coefficient (Wildman–Crippen LogP) is 3.02. The van der Waals surface area contributed by atoms with Gasteiger partial charge in [0.05, 0.1) is 30.8 Å². The number of nitrogens with zero attached hydrogens (tertiary/aromatic N) is 1. The highest BCUT2D eigenvalue weighted by atomic mass is 16.7. The number of likely N-dealkylation sites (N-methyl/N-ethyl adjacent to an activating group) is 1. The van der Waals surface area contributed by atoms with Crippen LogP contribution in [0.2, 0.25) is 0 Å². The fourth-order valence-electron chi connectivity index (χ4n) is 8.07. The number of ether oxygens (including phenoxy) is 8. The summed E-state index contributed by atoms with van der Waals surface area (Å²) in [5, 5.41) is 33.8. The van der Waals surface area contributed by atoms with Crippen molar-refractivity contribution in [2.75, 3.05) is 27.8 Å². The lowest BCUT2D eigenvalue weighted by Crippen LogP contribution is -2.66. The molecule has 58 heavy (non-hydrogen) atoms. The van der Waals surface area contributed by atoms with Gasteiger partial charge in [-0.05, 0) is 72.5 Å². The van der Waals surface area contributed by atoms with E-state index >= 15 is 0 Å². The molecular weight excluding hydrogens is 758 g/mol. The minimum absolute atomic E-state index is 0.0437. The van der Waals surface area contributed by atoms with E-state index in [-0.39, 0.29) is 44.0 Å². The minimum atomic E-state index is -1.50. The first-order valence-corrected chi connectivity index (χ1v) is 20.4. The van der Waals surface area contributed by atoms with Crippen LogP contribution in [0.1, 0.15) is 93.9 Å². The first-order chi connectivity index (χ1) is 27.2. The van der Waals surface area contributed by atoms with Gasteiger partial charge in [0.25, 0.3) is 0 Å². The quantitative estimate of drug-likeness (QED) is 0.191. The fourth-order valence-corrected chi connectivity index (χ4v) is 8.07. The molecule has 16 heteroatoms. The van der Waals surface area contributed by atoms with Gasteiger partial charge in [-0.15, -0.1) is 0 Å². The van der Waals surface area contributed by atoms with E-state index in [2.05, 4.69) is 0 Å². The van der Waals surface area contributed by atoms with E-state index < -0.39 is 115 Å². The van der Waals surface area contributed by atoms with Crippen LogP contribution in [-0.4, -0.2) is 151 Å². The van der Waals surface area contributed by atoms with Crippen molar-refractivity contribution >= 4 is 23.7 Å². The molecule has 0 bridgehead atoms. The summed E-state index contributed by atoms with van der Waals surface area (Å²) in [4.78, 5) is 53.3. The molecule has 15 atom stereocenters. The Morgan fingerprint density at radius 2 is 1.69 bits per heavy atom. The lowest BCUT2D eigenvalue weighted by Gasteiger charge is -2.50. The number of ketones is 1. The zero-order valence-corrected chi connectivity index (χ0v) is 36.1. The summed E-state index contributed by atoms with van der Waals surface area (Å²) in [6.45, 7) is 13.2. The van der Waals surface area contributed by atoms with E-state index in [0.717, 1.165) is 0 Å². The zero-order valence-electron chi connectivity index (χ0n) is 36.1. The maximum absolute atomic E-state index is 13.3. The molecule has 332 valence electrons. The van der Waals surface area contributed by atoms with Crippen LogP contribution in [0.25, 0.3) is 0 Å². The average molecular weight is 828 g/mol. The smallest absolute Gasteiger partial charge is 0.309 e. The molecule has 0 aliphatic carbocycles. The molecule has 3 rings (SSSR count). The molecule has 2 saturated heterocycles. The van der Waals surface area contributed by atoms with Crippen LogP contribution in [0.3, 0.4) is 0 Å². The molecule has 0 aromatic rings. The highest BCUT2D eigenvalue weighted by Crippen LogP contribution is 2.37. The van der Waals surface area contributed by atoms with Crippen molar-refractivity contribution in [2.24, 2.45) is 17.8 Å². The number of carbonyl (C=O) groups is 4. The second kappa shape index (κ2) is 22.7. The van der Waals surface area contributed by atoms with Crippen LogP contribution < -0.4 is 0 Å². The number of esters is 3.